The molecule has 1 saturated heterocycles. The van der Waals surface area contributed by atoms with E-state index < -0.39 is 15.8 Å². The van der Waals surface area contributed by atoms with Gasteiger partial charge in [0.25, 0.3) is 0 Å². The van der Waals surface area contributed by atoms with Crippen LogP contribution in [0, 0.1) is 6.92 Å². The van der Waals surface area contributed by atoms with Gasteiger partial charge in [-0.15, -0.1) is 0 Å². The molecule has 152 valence electrons. The summed E-state index contributed by atoms with van der Waals surface area (Å²) in [7, 11) is -3.09. The highest BCUT2D eigenvalue weighted by atomic mass is 35.5. The smallest absolute Gasteiger partial charge is 0.363 e. The zero-order valence-corrected chi connectivity index (χ0v) is 18.1. The molecule has 0 unspecified atom stereocenters. The molecular weight excluding hydrogens is 461 g/mol. The Hall–Kier alpha value is -1.87. The monoisotopic (exact) mass is 473 g/mol. The number of hydrogen-bond acceptors (Lipinski definition) is 6. The number of carbonyl (C=O) groups is 1. The van der Waals surface area contributed by atoms with Crippen LogP contribution in [0.25, 0.3) is 6.08 Å². The van der Waals surface area contributed by atoms with E-state index in [0.29, 0.717) is 33.3 Å². The van der Waals surface area contributed by atoms with Crippen LogP contribution in [-0.2, 0) is 19.4 Å². The van der Waals surface area contributed by atoms with Crippen molar-refractivity contribution in [1.29, 1.82) is 0 Å². The van der Waals surface area contributed by atoms with Crippen molar-refractivity contribution in [3.05, 3.63) is 55.9 Å². The minimum atomic E-state index is -3.09. The maximum atomic E-state index is 12.3. The number of sulfone groups is 1. The molecule has 0 spiro atoms. The van der Waals surface area contributed by atoms with Crippen LogP contribution in [0.2, 0.25) is 15.2 Å². The van der Waals surface area contributed by atoms with Gasteiger partial charge in [0, 0.05) is 10.6 Å². The predicted octanol–water partition coefficient (Wildman–Crippen LogP) is 3.86. The van der Waals surface area contributed by atoms with E-state index in [9.17, 15) is 13.2 Å². The largest absolute Gasteiger partial charge is 0.402 e. The van der Waals surface area contributed by atoms with Crippen molar-refractivity contribution in [2.45, 2.75) is 19.4 Å². The lowest BCUT2D eigenvalue weighted by Gasteiger charge is -2.09. The molecule has 0 N–H and O–H groups in total. The number of esters is 1. The van der Waals surface area contributed by atoms with Gasteiger partial charge in [0.05, 0.1) is 33.8 Å². The fraction of sp³-hybridized carbons (Fsp3) is 0.278. The summed E-state index contributed by atoms with van der Waals surface area (Å²) in [6, 6.07) is 4.41. The van der Waals surface area contributed by atoms with E-state index in [4.69, 9.17) is 39.5 Å². The van der Waals surface area contributed by atoms with Crippen LogP contribution >= 0.6 is 34.8 Å². The minimum absolute atomic E-state index is 0.0107. The summed E-state index contributed by atoms with van der Waals surface area (Å²) in [4.78, 5) is 16.5. The average Bonchev–Trinajstić information content (AvgIpc) is 3.26. The summed E-state index contributed by atoms with van der Waals surface area (Å²) in [6.45, 7) is 1.72. The summed E-state index contributed by atoms with van der Waals surface area (Å²) in [5.41, 5.74) is 1.50. The lowest BCUT2D eigenvalue weighted by molar-refractivity contribution is -0.129. The van der Waals surface area contributed by atoms with Gasteiger partial charge < -0.3 is 4.74 Å². The Kier molecular flexibility index (Phi) is 5.23. The van der Waals surface area contributed by atoms with Gasteiger partial charge in [0.1, 0.15) is 5.15 Å². The standard InChI is InChI=1S/C18H14Cl3N3O4S/c1-9-13(16(21)24(23-9)11-4-5-29(26,27)8-11)7-15-18(25)28-17(22-15)12-3-2-10(19)6-14(12)20/h2-3,6-7,11H,4-5,8H2,1H3/b15-7-/t11-/m1/s1. The molecule has 3 heterocycles. The highest BCUT2D eigenvalue weighted by Gasteiger charge is 2.32. The number of hydrogen-bond donors (Lipinski definition) is 0. The van der Waals surface area contributed by atoms with Crippen molar-refractivity contribution in [2.75, 3.05) is 11.5 Å². The van der Waals surface area contributed by atoms with E-state index in [1.54, 1.807) is 19.1 Å². The fourth-order valence-corrected chi connectivity index (χ4v) is 5.78. The van der Waals surface area contributed by atoms with Crippen molar-refractivity contribution in [2.24, 2.45) is 4.99 Å². The van der Waals surface area contributed by atoms with Crippen LogP contribution in [0.5, 0.6) is 0 Å². The number of rotatable bonds is 3. The van der Waals surface area contributed by atoms with E-state index in [1.165, 1.54) is 16.8 Å². The molecule has 1 atom stereocenters. The number of benzene rings is 1. The van der Waals surface area contributed by atoms with E-state index >= 15 is 0 Å². The molecule has 1 aromatic heterocycles. The molecule has 0 bridgehead atoms. The van der Waals surface area contributed by atoms with Gasteiger partial charge in [-0.2, -0.15) is 5.10 Å². The van der Waals surface area contributed by atoms with Crippen molar-refractivity contribution in [3.63, 3.8) is 0 Å². The Morgan fingerprint density at radius 1 is 1.28 bits per heavy atom. The van der Waals surface area contributed by atoms with Gasteiger partial charge in [-0.05, 0) is 37.6 Å². The van der Waals surface area contributed by atoms with Crippen LogP contribution in [0.15, 0.2) is 28.9 Å². The van der Waals surface area contributed by atoms with Crippen LogP contribution < -0.4 is 0 Å². The molecule has 11 heteroatoms. The van der Waals surface area contributed by atoms with Crippen molar-refractivity contribution in [3.8, 4) is 0 Å². The van der Waals surface area contributed by atoms with Gasteiger partial charge >= 0.3 is 5.97 Å². The Morgan fingerprint density at radius 2 is 2.03 bits per heavy atom. The second-order valence-corrected chi connectivity index (χ2v) is 10.2. The van der Waals surface area contributed by atoms with Crippen molar-refractivity contribution in [1.82, 2.24) is 9.78 Å². The van der Waals surface area contributed by atoms with E-state index in [1.807, 2.05) is 0 Å². The zero-order chi connectivity index (χ0) is 20.9. The van der Waals surface area contributed by atoms with E-state index in [-0.39, 0.29) is 34.3 Å². The third-order valence-corrected chi connectivity index (χ3v) is 7.36. The maximum Gasteiger partial charge on any atom is 0.363 e. The van der Waals surface area contributed by atoms with Gasteiger partial charge in [-0.1, -0.05) is 34.8 Å². The van der Waals surface area contributed by atoms with Gasteiger partial charge in [-0.25, -0.2) is 22.9 Å². The quantitative estimate of drug-likeness (QED) is 0.498. The third kappa shape index (κ3) is 3.94. The number of halogens is 3. The molecule has 4 rings (SSSR count). The first-order chi connectivity index (χ1) is 13.6. The highest BCUT2D eigenvalue weighted by Crippen LogP contribution is 2.32. The summed E-state index contributed by atoms with van der Waals surface area (Å²) < 4.78 is 30.3. The molecular formula is C18H14Cl3N3O4S. The molecule has 2 aliphatic rings. The number of aryl methyl sites for hydroxylation is 1. The Morgan fingerprint density at radius 3 is 2.69 bits per heavy atom. The predicted molar refractivity (Wildman–Crippen MR) is 111 cm³/mol. The van der Waals surface area contributed by atoms with Gasteiger partial charge in [0.2, 0.25) is 5.90 Å². The Bertz CT molecular complexity index is 1200. The van der Waals surface area contributed by atoms with Crippen molar-refractivity contribution >= 4 is 62.6 Å². The zero-order valence-electron chi connectivity index (χ0n) is 15.0. The SMILES string of the molecule is Cc1nn([C@@H]2CCS(=O)(=O)C2)c(Cl)c1/C=C1\N=C(c2ccc(Cl)cc2Cl)OC1=O. The number of aromatic nitrogens is 2. The lowest BCUT2D eigenvalue weighted by atomic mass is 10.2. The van der Waals surface area contributed by atoms with E-state index in [2.05, 4.69) is 10.1 Å². The second kappa shape index (κ2) is 7.43. The molecule has 0 radical (unpaired) electrons. The number of aliphatic imine (C=N–C) groups is 1. The van der Waals surface area contributed by atoms with Crippen LogP contribution in [-0.4, -0.2) is 41.6 Å². The first-order valence-corrected chi connectivity index (χ1v) is 11.5. The summed E-state index contributed by atoms with van der Waals surface area (Å²) in [5.74, 6) is -0.502. The first kappa shape index (κ1) is 20.4. The Labute approximate surface area is 181 Å². The highest BCUT2D eigenvalue weighted by molar-refractivity contribution is 7.91. The molecule has 1 aromatic carbocycles. The maximum absolute atomic E-state index is 12.3. The number of carbonyl (C=O) groups excluding carboxylic acids is 1. The van der Waals surface area contributed by atoms with Gasteiger partial charge in [-0.3, -0.25) is 0 Å². The molecule has 0 aliphatic carbocycles. The fourth-order valence-electron chi connectivity index (χ4n) is 3.23. The average molecular weight is 475 g/mol. The number of cyclic esters (lactones) is 1. The number of nitrogens with zero attached hydrogens (tertiary/aromatic N) is 3. The number of ether oxygens (including phenoxy) is 1. The topological polar surface area (TPSA) is 90.6 Å². The normalized spacial score (nSPS) is 22.2. The molecule has 29 heavy (non-hydrogen) atoms. The second-order valence-electron chi connectivity index (χ2n) is 6.75. The summed E-state index contributed by atoms with van der Waals surface area (Å²) >= 11 is 18.5. The molecule has 2 aliphatic heterocycles. The molecule has 0 amide bonds. The van der Waals surface area contributed by atoms with Crippen LogP contribution in [0.1, 0.15) is 29.3 Å². The molecule has 0 saturated carbocycles. The summed E-state index contributed by atoms with van der Waals surface area (Å²) in [6.07, 6.45) is 1.92. The third-order valence-electron chi connectivity index (χ3n) is 4.69. The summed E-state index contributed by atoms with van der Waals surface area (Å²) in [5, 5.41) is 5.36. The molecule has 7 nitrogen and oxygen atoms in total. The molecule has 1 fully saturated rings. The van der Waals surface area contributed by atoms with E-state index in [0.717, 1.165) is 0 Å². The minimum Gasteiger partial charge on any atom is -0.402 e. The van der Waals surface area contributed by atoms with Gasteiger partial charge in [0.15, 0.2) is 15.5 Å². The van der Waals surface area contributed by atoms with Crippen LogP contribution in [0.4, 0.5) is 0 Å². The lowest BCUT2D eigenvalue weighted by Crippen LogP contribution is -2.12. The Balaban J connectivity index is 1.69. The van der Waals surface area contributed by atoms with Crippen LogP contribution in [0.3, 0.4) is 0 Å². The molecule has 2 aromatic rings. The van der Waals surface area contributed by atoms with Crippen molar-refractivity contribution < 1.29 is 17.9 Å². The first-order valence-electron chi connectivity index (χ1n) is 8.57.